The fourth-order valence-electron chi connectivity index (χ4n) is 2.31. The number of benzene rings is 1. The van der Waals surface area contributed by atoms with E-state index in [1.807, 2.05) is 36.4 Å². The molecule has 0 amide bonds. The Morgan fingerprint density at radius 3 is 2.83 bits per heavy atom. The third-order valence-electron chi connectivity index (χ3n) is 3.47. The van der Waals surface area contributed by atoms with Crippen LogP contribution in [0.2, 0.25) is 0 Å². The summed E-state index contributed by atoms with van der Waals surface area (Å²) in [4.78, 5) is 9.10. The lowest BCUT2D eigenvalue weighted by molar-refractivity contribution is 0.139. The molecule has 3 rings (SSSR count). The number of hydrogen-bond donors (Lipinski definition) is 1. The van der Waals surface area contributed by atoms with E-state index < -0.39 is 0 Å². The molecule has 0 saturated carbocycles. The Balaban J connectivity index is 1.68. The maximum atomic E-state index is 8.45. The lowest BCUT2D eigenvalue weighted by atomic mass is 10.2. The summed E-state index contributed by atoms with van der Waals surface area (Å²) in [6.45, 7) is 1.81. The molecule has 0 bridgehead atoms. The zero-order valence-electron chi connectivity index (χ0n) is 13.2. The first-order valence-electron chi connectivity index (χ1n) is 7.88. The minimum Gasteiger partial charge on any atom is -0.446 e. The van der Waals surface area contributed by atoms with Gasteiger partial charge in [-0.1, -0.05) is 30.3 Å². The van der Waals surface area contributed by atoms with Crippen molar-refractivity contribution in [2.45, 2.75) is 12.8 Å². The van der Waals surface area contributed by atoms with Crippen molar-refractivity contribution >= 4 is 16.9 Å². The molecule has 6 heteroatoms. The topological polar surface area (TPSA) is 84.0 Å². The van der Waals surface area contributed by atoms with Crippen molar-refractivity contribution in [1.29, 1.82) is 5.26 Å². The number of furan rings is 1. The van der Waals surface area contributed by atoms with E-state index in [2.05, 4.69) is 21.4 Å². The second-order valence-corrected chi connectivity index (χ2v) is 5.20. The van der Waals surface area contributed by atoms with E-state index in [1.54, 1.807) is 6.26 Å². The Bertz CT molecular complexity index is 824. The van der Waals surface area contributed by atoms with Crippen molar-refractivity contribution in [3.05, 3.63) is 42.7 Å². The zero-order chi connectivity index (χ0) is 16.6. The van der Waals surface area contributed by atoms with Crippen molar-refractivity contribution in [3.8, 4) is 17.5 Å². The Hall–Kier alpha value is -2.91. The van der Waals surface area contributed by atoms with Crippen LogP contribution in [0.1, 0.15) is 12.8 Å². The van der Waals surface area contributed by atoms with Crippen LogP contribution in [0.4, 0.5) is 5.82 Å². The second-order valence-electron chi connectivity index (χ2n) is 5.20. The lowest BCUT2D eigenvalue weighted by Crippen LogP contribution is -2.08. The molecule has 0 spiro atoms. The van der Waals surface area contributed by atoms with Gasteiger partial charge in [-0.3, -0.25) is 0 Å². The number of fused-ring (bicyclic) bond motifs is 1. The molecular formula is C18H18N4O2. The lowest BCUT2D eigenvalue weighted by Gasteiger charge is -2.08. The van der Waals surface area contributed by atoms with Crippen LogP contribution in [0.3, 0.4) is 0 Å². The number of ether oxygens (including phenoxy) is 1. The van der Waals surface area contributed by atoms with Gasteiger partial charge < -0.3 is 14.5 Å². The molecule has 0 aliphatic carbocycles. The largest absolute Gasteiger partial charge is 0.446 e. The molecule has 0 fully saturated rings. The van der Waals surface area contributed by atoms with E-state index in [0.717, 1.165) is 29.7 Å². The van der Waals surface area contributed by atoms with Crippen molar-refractivity contribution in [3.63, 3.8) is 0 Å². The van der Waals surface area contributed by atoms with E-state index in [0.29, 0.717) is 31.2 Å². The van der Waals surface area contributed by atoms with Gasteiger partial charge in [-0.2, -0.15) is 10.2 Å². The van der Waals surface area contributed by atoms with Gasteiger partial charge in [0.15, 0.2) is 5.82 Å². The number of nitriles is 1. The fourth-order valence-corrected chi connectivity index (χ4v) is 2.31. The van der Waals surface area contributed by atoms with Crippen LogP contribution < -0.4 is 5.32 Å². The standard InChI is InChI=1S/C18H18N4O2/c19-9-4-11-23-12-5-10-20-17-15-8-13-24-18(15)22-16(21-17)14-6-2-1-3-7-14/h1-3,6-8,13H,4-5,10-12H2,(H,20,21,22). The van der Waals surface area contributed by atoms with Gasteiger partial charge in [-0.15, -0.1) is 0 Å². The molecule has 6 nitrogen and oxygen atoms in total. The molecule has 0 unspecified atom stereocenters. The first-order chi connectivity index (χ1) is 11.9. The Morgan fingerprint density at radius 1 is 1.12 bits per heavy atom. The summed E-state index contributed by atoms with van der Waals surface area (Å²) in [6, 6.07) is 13.7. The second kappa shape index (κ2) is 8.09. The average molecular weight is 322 g/mol. The molecule has 1 N–H and O–H groups in total. The van der Waals surface area contributed by atoms with Crippen LogP contribution in [0.15, 0.2) is 47.1 Å². The average Bonchev–Trinajstić information content (AvgIpc) is 3.10. The monoisotopic (exact) mass is 322 g/mol. The van der Waals surface area contributed by atoms with E-state index in [-0.39, 0.29) is 0 Å². The van der Waals surface area contributed by atoms with Gasteiger partial charge in [-0.05, 0) is 12.5 Å². The highest BCUT2D eigenvalue weighted by Crippen LogP contribution is 2.25. The van der Waals surface area contributed by atoms with E-state index in [9.17, 15) is 0 Å². The highest BCUT2D eigenvalue weighted by atomic mass is 16.5. The third kappa shape index (κ3) is 3.89. The van der Waals surface area contributed by atoms with Gasteiger partial charge in [-0.25, -0.2) is 4.98 Å². The fraction of sp³-hybridized carbons (Fsp3) is 0.278. The van der Waals surface area contributed by atoms with Crippen LogP contribution >= 0.6 is 0 Å². The minimum absolute atomic E-state index is 0.426. The summed E-state index contributed by atoms with van der Waals surface area (Å²) in [5.41, 5.74) is 1.51. The summed E-state index contributed by atoms with van der Waals surface area (Å²) in [6.07, 6.45) is 2.87. The summed E-state index contributed by atoms with van der Waals surface area (Å²) >= 11 is 0. The summed E-state index contributed by atoms with van der Waals surface area (Å²) in [5.74, 6) is 1.38. The number of nitrogens with one attached hydrogen (secondary N) is 1. The van der Waals surface area contributed by atoms with Crippen molar-refractivity contribution < 1.29 is 9.15 Å². The SMILES string of the molecule is N#CCCOCCCNc1nc(-c2ccccc2)nc2occc12. The number of anilines is 1. The maximum Gasteiger partial charge on any atom is 0.231 e. The number of aromatic nitrogens is 2. The van der Waals surface area contributed by atoms with Gasteiger partial charge in [0.05, 0.1) is 30.7 Å². The van der Waals surface area contributed by atoms with Gasteiger partial charge in [0.1, 0.15) is 5.82 Å². The zero-order valence-corrected chi connectivity index (χ0v) is 13.2. The predicted molar refractivity (Wildman–Crippen MR) is 91.4 cm³/mol. The van der Waals surface area contributed by atoms with Crippen LogP contribution in [0, 0.1) is 11.3 Å². The Morgan fingerprint density at radius 2 is 2.00 bits per heavy atom. The first kappa shape index (κ1) is 16.0. The molecule has 122 valence electrons. The molecule has 24 heavy (non-hydrogen) atoms. The van der Waals surface area contributed by atoms with E-state index >= 15 is 0 Å². The van der Waals surface area contributed by atoms with Gasteiger partial charge >= 0.3 is 0 Å². The van der Waals surface area contributed by atoms with E-state index in [1.165, 1.54) is 0 Å². The summed E-state index contributed by atoms with van der Waals surface area (Å²) < 4.78 is 10.8. The molecule has 0 aliphatic heterocycles. The molecule has 0 radical (unpaired) electrons. The Labute approximate surface area is 140 Å². The molecule has 2 aromatic heterocycles. The predicted octanol–water partition coefficient (Wildman–Crippen LogP) is 3.62. The van der Waals surface area contributed by atoms with Gasteiger partial charge in [0, 0.05) is 18.7 Å². The smallest absolute Gasteiger partial charge is 0.231 e. The van der Waals surface area contributed by atoms with Crippen LogP contribution in [-0.2, 0) is 4.74 Å². The first-order valence-corrected chi connectivity index (χ1v) is 7.88. The maximum absolute atomic E-state index is 8.45. The third-order valence-corrected chi connectivity index (χ3v) is 3.47. The molecule has 0 atom stereocenters. The molecule has 0 saturated heterocycles. The molecule has 2 heterocycles. The van der Waals surface area contributed by atoms with Crippen LogP contribution in [0.5, 0.6) is 0 Å². The number of rotatable bonds is 8. The molecule has 1 aromatic carbocycles. The molecular weight excluding hydrogens is 304 g/mol. The van der Waals surface area contributed by atoms with Crippen molar-refractivity contribution in [2.24, 2.45) is 0 Å². The number of nitrogens with zero attached hydrogens (tertiary/aromatic N) is 3. The highest BCUT2D eigenvalue weighted by Gasteiger charge is 2.11. The van der Waals surface area contributed by atoms with Crippen molar-refractivity contribution in [2.75, 3.05) is 25.1 Å². The van der Waals surface area contributed by atoms with Crippen LogP contribution in [-0.4, -0.2) is 29.7 Å². The van der Waals surface area contributed by atoms with Gasteiger partial charge in [0.25, 0.3) is 0 Å². The summed E-state index contributed by atoms with van der Waals surface area (Å²) in [7, 11) is 0. The van der Waals surface area contributed by atoms with Crippen LogP contribution in [0.25, 0.3) is 22.5 Å². The summed E-state index contributed by atoms with van der Waals surface area (Å²) in [5, 5.41) is 12.6. The quantitative estimate of drug-likeness (QED) is 0.638. The normalized spacial score (nSPS) is 10.6. The van der Waals surface area contributed by atoms with E-state index in [4.69, 9.17) is 14.4 Å². The molecule has 0 aliphatic rings. The Kier molecular flexibility index (Phi) is 5.38. The van der Waals surface area contributed by atoms with Gasteiger partial charge in [0.2, 0.25) is 5.71 Å². The minimum atomic E-state index is 0.426. The van der Waals surface area contributed by atoms with Crippen molar-refractivity contribution in [1.82, 2.24) is 9.97 Å². The number of hydrogen-bond acceptors (Lipinski definition) is 6. The highest BCUT2D eigenvalue weighted by molar-refractivity contribution is 5.87. The molecule has 3 aromatic rings.